The molecule has 2 aromatic heterocycles. The number of aromatic nitrogens is 2. The molecule has 0 saturated heterocycles. The van der Waals surface area contributed by atoms with Gasteiger partial charge in [0.15, 0.2) is 11.4 Å². The highest BCUT2D eigenvalue weighted by Gasteiger charge is 2.30. The zero-order valence-corrected chi connectivity index (χ0v) is 14.4. The number of methoxy groups -OCH3 is 2. The monoisotopic (exact) mass is 356 g/mol. The number of ether oxygens (including phenoxy) is 3. The Morgan fingerprint density at radius 1 is 1.00 bits per heavy atom. The SMILES string of the molecule is CCOC(=O)c1nc(C(=O)OC)c(C(=O)OC)c2c1[nH]c1ccccc12. The molecule has 8 nitrogen and oxygen atoms in total. The van der Waals surface area contributed by atoms with Crippen LogP contribution in [0.3, 0.4) is 0 Å². The normalized spacial score (nSPS) is 10.7. The fourth-order valence-corrected chi connectivity index (χ4v) is 2.81. The average Bonchev–Trinajstić information content (AvgIpc) is 3.05. The summed E-state index contributed by atoms with van der Waals surface area (Å²) in [6, 6.07) is 7.12. The minimum atomic E-state index is -0.858. The van der Waals surface area contributed by atoms with Gasteiger partial charge in [0.05, 0.1) is 26.3 Å². The van der Waals surface area contributed by atoms with Crippen molar-refractivity contribution in [2.75, 3.05) is 20.8 Å². The van der Waals surface area contributed by atoms with Crippen LogP contribution in [0.1, 0.15) is 38.3 Å². The van der Waals surface area contributed by atoms with Crippen molar-refractivity contribution < 1.29 is 28.6 Å². The molecule has 0 atom stereocenters. The van der Waals surface area contributed by atoms with E-state index in [4.69, 9.17) is 14.2 Å². The highest BCUT2D eigenvalue weighted by Crippen LogP contribution is 2.32. The third kappa shape index (κ3) is 2.65. The first kappa shape index (κ1) is 17.4. The molecule has 0 amide bonds. The lowest BCUT2D eigenvalue weighted by molar-refractivity contribution is 0.0515. The van der Waals surface area contributed by atoms with Crippen LogP contribution in [-0.4, -0.2) is 48.7 Å². The van der Waals surface area contributed by atoms with Gasteiger partial charge >= 0.3 is 17.9 Å². The number of esters is 3. The third-order valence-electron chi connectivity index (χ3n) is 3.89. The number of hydrogen-bond acceptors (Lipinski definition) is 7. The Kier molecular flexibility index (Phi) is 4.57. The lowest BCUT2D eigenvalue weighted by Gasteiger charge is -2.10. The van der Waals surface area contributed by atoms with Crippen LogP contribution in [0.5, 0.6) is 0 Å². The molecular weight excluding hydrogens is 340 g/mol. The molecule has 0 radical (unpaired) electrons. The summed E-state index contributed by atoms with van der Waals surface area (Å²) >= 11 is 0. The van der Waals surface area contributed by atoms with E-state index in [1.165, 1.54) is 7.11 Å². The smallest absolute Gasteiger partial charge is 0.359 e. The highest BCUT2D eigenvalue weighted by atomic mass is 16.5. The van der Waals surface area contributed by atoms with Gasteiger partial charge in [-0.25, -0.2) is 19.4 Å². The van der Waals surface area contributed by atoms with E-state index in [9.17, 15) is 14.4 Å². The number of benzene rings is 1. The summed E-state index contributed by atoms with van der Waals surface area (Å²) in [5.74, 6) is -2.34. The summed E-state index contributed by atoms with van der Waals surface area (Å²) in [7, 11) is 2.36. The summed E-state index contributed by atoms with van der Waals surface area (Å²) in [5.41, 5.74) is 0.477. The van der Waals surface area contributed by atoms with Crippen LogP contribution in [0.4, 0.5) is 0 Å². The van der Waals surface area contributed by atoms with E-state index in [0.29, 0.717) is 16.3 Å². The van der Waals surface area contributed by atoms with Crippen molar-refractivity contribution in [1.82, 2.24) is 9.97 Å². The number of carbonyl (C=O) groups excluding carboxylic acids is 3. The maximum Gasteiger partial charge on any atom is 0.359 e. The summed E-state index contributed by atoms with van der Waals surface area (Å²) in [4.78, 5) is 44.2. The van der Waals surface area contributed by atoms with E-state index in [0.717, 1.165) is 7.11 Å². The quantitative estimate of drug-likeness (QED) is 0.565. The number of para-hydroxylation sites is 1. The molecule has 3 rings (SSSR count). The number of carbonyl (C=O) groups is 3. The van der Waals surface area contributed by atoms with Crippen molar-refractivity contribution >= 4 is 39.7 Å². The number of nitrogens with zero attached hydrogens (tertiary/aromatic N) is 1. The van der Waals surface area contributed by atoms with Gasteiger partial charge in [-0.3, -0.25) is 0 Å². The number of rotatable bonds is 4. The average molecular weight is 356 g/mol. The Labute approximate surface area is 148 Å². The molecule has 0 fully saturated rings. The molecule has 0 saturated carbocycles. The van der Waals surface area contributed by atoms with Gasteiger partial charge in [0, 0.05) is 16.3 Å². The topological polar surface area (TPSA) is 108 Å². The molecule has 1 aromatic carbocycles. The van der Waals surface area contributed by atoms with Gasteiger partial charge in [-0.1, -0.05) is 18.2 Å². The lowest BCUT2D eigenvalue weighted by Crippen LogP contribution is -2.18. The Morgan fingerprint density at radius 3 is 2.35 bits per heavy atom. The van der Waals surface area contributed by atoms with Crippen LogP contribution in [0.25, 0.3) is 21.8 Å². The predicted molar refractivity (Wildman–Crippen MR) is 92.2 cm³/mol. The molecule has 2 heterocycles. The number of hydrogen-bond donors (Lipinski definition) is 1. The predicted octanol–water partition coefficient (Wildman–Crippen LogP) is 2.47. The van der Waals surface area contributed by atoms with Crippen LogP contribution < -0.4 is 0 Å². The first-order valence-electron chi connectivity index (χ1n) is 7.81. The van der Waals surface area contributed by atoms with E-state index in [1.807, 2.05) is 0 Å². The van der Waals surface area contributed by atoms with E-state index >= 15 is 0 Å². The van der Waals surface area contributed by atoms with Crippen molar-refractivity contribution in [3.63, 3.8) is 0 Å². The Bertz CT molecular complexity index is 1040. The molecule has 3 aromatic rings. The maximum absolute atomic E-state index is 12.4. The zero-order chi connectivity index (χ0) is 18.8. The van der Waals surface area contributed by atoms with Crippen LogP contribution in [0, 0.1) is 0 Å². The van der Waals surface area contributed by atoms with Gasteiger partial charge in [0.25, 0.3) is 0 Å². The van der Waals surface area contributed by atoms with E-state index in [2.05, 4.69) is 9.97 Å². The van der Waals surface area contributed by atoms with Crippen molar-refractivity contribution in [2.45, 2.75) is 6.92 Å². The molecule has 26 heavy (non-hydrogen) atoms. The molecule has 0 aliphatic carbocycles. The number of pyridine rings is 1. The summed E-state index contributed by atoms with van der Waals surface area (Å²) in [6.07, 6.45) is 0. The second-order valence-corrected chi connectivity index (χ2v) is 5.31. The van der Waals surface area contributed by atoms with E-state index in [-0.39, 0.29) is 29.1 Å². The standard InChI is InChI=1S/C18H16N2O6/c1-4-26-18(23)15-13-11(9-7-5-6-8-10(9)19-13)12(16(21)24-2)14(20-15)17(22)25-3/h5-8,19H,4H2,1-3H3. The third-order valence-corrected chi connectivity index (χ3v) is 3.89. The minimum absolute atomic E-state index is 0.0696. The van der Waals surface area contributed by atoms with Crippen molar-refractivity contribution in [1.29, 1.82) is 0 Å². The van der Waals surface area contributed by atoms with Gasteiger partial charge in [-0.2, -0.15) is 0 Å². The Morgan fingerprint density at radius 2 is 1.69 bits per heavy atom. The lowest BCUT2D eigenvalue weighted by atomic mass is 10.0. The molecule has 1 N–H and O–H groups in total. The number of fused-ring (bicyclic) bond motifs is 3. The van der Waals surface area contributed by atoms with E-state index in [1.54, 1.807) is 31.2 Å². The molecule has 134 valence electrons. The van der Waals surface area contributed by atoms with E-state index < -0.39 is 17.9 Å². The summed E-state index contributed by atoms with van der Waals surface area (Å²) in [6.45, 7) is 1.79. The number of H-pyrrole nitrogens is 1. The van der Waals surface area contributed by atoms with Crippen LogP contribution in [0.2, 0.25) is 0 Å². The summed E-state index contributed by atoms with van der Waals surface area (Å²) < 4.78 is 14.6. The van der Waals surface area contributed by atoms with Gasteiger partial charge in [-0.15, -0.1) is 0 Å². The molecule has 0 aliphatic heterocycles. The molecule has 8 heteroatoms. The highest BCUT2D eigenvalue weighted by molar-refractivity contribution is 6.23. The first-order chi connectivity index (χ1) is 12.5. The van der Waals surface area contributed by atoms with Crippen LogP contribution >= 0.6 is 0 Å². The second-order valence-electron chi connectivity index (χ2n) is 5.31. The van der Waals surface area contributed by atoms with Gasteiger partial charge < -0.3 is 19.2 Å². The van der Waals surface area contributed by atoms with Crippen LogP contribution in [0.15, 0.2) is 24.3 Å². The Balaban J connectivity index is 2.52. The summed E-state index contributed by atoms with van der Waals surface area (Å²) in [5, 5.41) is 0.993. The fourth-order valence-electron chi connectivity index (χ4n) is 2.81. The fraction of sp³-hybridized carbons (Fsp3) is 0.222. The molecular formula is C18H16N2O6. The largest absolute Gasteiger partial charge is 0.465 e. The zero-order valence-electron chi connectivity index (χ0n) is 14.4. The second kappa shape index (κ2) is 6.83. The van der Waals surface area contributed by atoms with Crippen molar-refractivity contribution in [3.8, 4) is 0 Å². The Hall–Kier alpha value is -3.42. The number of aromatic amines is 1. The van der Waals surface area contributed by atoms with Gasteiger partial charge in [0.2, 0.25) is 0 Å². The number of nitrogens with one attached hydrogen (secondary N) is 1. The molecule has 0 aliphatic rings. The van der Waals surface area contributed by atoms with Crippen molar-refractivity contribution in [2.24, 2.45) is 0 Å². The van der Waals surface area contributed by atoms with Crippen LogP contribution in [-0.2, 0) is 14.2 Å². The first-order valence-corrected chi connectivity index (χ1v) is 7.81. The molecule has 0 unspecified atom stereocenters. The molecule has 0 bridgehead atoms. The van der Waals surface area contributed by atoms with Gasteiger partial charge in [-0.05, 0) is 13.0 Å². The van der Waals surface area contributed by atoms with Crippen molar-refractivity contribution in [3.05, 3.63) is 41.2 Å². The van der Waals surface area contributed by atoms with Gasteiger partial charge in [0.1, 0.15) is 5.56 Å². The minimum Gasteiger partial charge on any atom is -0.465 e. The maximum atomic E-state index is 12.4. The molecule has 0 spiro atoms.